The summed E-state index contributed by atoms with van der Waals surface area (Å²) in [7, 11) is -3.60. The van der Waals surface area contributed by atoms with E-state index in [1.54, 1.807) is 0 Å². The molecule has 0 amide bonds. The first-order valence-corrected chi connectivity index (χ1v) is 9.73. The van der Waals surface area contributed by atoms with Crippen LogP contribution in [0.25, 0.3) is 0 Å². The molecule has 1 aromatic rings. The van der Waals surface area contributed by atoms with Crippen molar-refractivity contribution >= 4 is 33.2 Å². The van der Waals surface area contributed by atoms with Crippen LogP contribution in [-0.2, 0) is 10.0 Å². The Morgan fingerprint density at radius 1 is 1.14 bits per heavy atom. The van der Waals surface area contributed by atoms with Gasteiger partial charge in [-0.05, 0) is 57.6 Å². The molecule has 22 heavy (non-hydrogen) atoms. The largest absolute Gasteiger partial charge is 0.304 e. The van der Waals surface area contributed by atoms with Gasteiger partial charge in [0.1, 0.15) is 0 Å². The Labute approximate surface area is 143 Å². The van der Waals surface area contributed by atoms with Crippen molar-refractivity contribution in [3.8, 4) is 0 Å². The topological polar surface area (TPSA) is 49.4 Å². The van der Waals surface area contributed by atoms with E-state index in [1.807, 2.05) is 6.92 Å². The SMILES string of the molecule is CCN(CC)CCC[C@H](C)NS(=O)(=O)c1cc(Cl)cc(Cl)c1. The molecule has 4 nitrogen and oxygen atoms in total. The second-order valence-electron chi connectivity index (χ2n) is 5.30. The van der Waals surface area contributed by atoms with Gasteiger partial charge in [-0.25, -0.2) is 13.1 Å². The third kappa shape index (κ3) is 6.42. The van der Waals surface area contributed by atoms with Gasteiger partial charge in [0.15, 0.2) is 0 Å². The summed E-state index contributed by atoms with van der Waals surface area (Å²) in [4.78, 5) is 2.42. The van der Waals surface area contributed by atoms with Gasteiger partial charge in [0.05, 0.1) is 4.90 Å². The van der Waals surface area contributed by atoms with Gasteiger partial charge in [-0.1, -0.05) is 37.0 Å². The number of hydrogen-bond donors (Lipinski definition) is 1. The number of nitrogens with zero attached hydrogens (tertiary/aromatic N) is 1. The van der Waals surface area contributed by atoms with Gasteiger partial charge in [0.2, 0.25) is 10.0 Å². The molecule has 0 saturated carbocycles. The molecular weight excluding hydrogens is 343 g/mol. The molecule has 0 saturated heterocycles. The molecule has 1 N–H and O–H groups in total. The fourth-order valence-electron chi connectivity index (χ4n) is 2.24. The number of hydrogen-bond acceptors (Lipinski definition) is 3. The van der Waals surface area contributed by atoms with Gasteiger partial charge >= 0.3 is 0 Å². The summed E-state index contributed by atoms with van der Waals surface area (Å²) < 4.78 is 27.3. The van der Waals surface area contributed by atoms with E-state index in [0.717, 1.165) is 32.5 Å². The van der Waals surface area contributed by atoms with Crippen molar-refractivity contribution in [2.24, 2.45) is 0 Å². The lowest BCUT2D eigenvalue weighted by Crippen LogP contribution is -2.33. The second kappa shape index (κ2) is 9.08. The fourth-order valence-corrected chi connectivity index (χ4v) is 4.24. The van der Waals surface area contributed by atoms with E-state index in [0.29, 0.717) is 10.0 Å². The summed E-state index contributed by atoms with van der Waals surface area (Å²) in [6, 6.07) is 4.17. The lowest BCUT2D eigenvalue weighted by molar-refractivity contribution is 0.293. The van der Waals surface area contributed by atoms with Crippen LogP contribution in [0.1, 0.15) is 33.6 Å². The quantitative estimate of drug-likeness (QED) is 0.723. The normalized spacial score (nSPS) is 13.5. The maximum Gasteiger partial charge on any atom is 0.240 e. The second-order valence-corrected chi connectivity index (χ2v) is 7.88. The van der Waals surface area contributed by atoms with Crippen molar-refractivity contribution in [3.05, 3.63) is 28.2 Å². The predicted octanol–water partition coefficient (Wildman–Crippen LogP) is 3.78. The Morgan fingerprint density at radius 3 is 2.18 bits per heavy atom. The molecule has 7 heteroatoms. The molecule has 0 spiro atoms. The number of rotatable bonds is 9. The first kappa shape index (κ1) is 19.7. The molecule has 0 unspecified atom stereocenters. The minimum atomic E-state index is -3.60. The number of nitrogens with one attached hydrogen (secondary N) is 1. The Morgan fingerprint density at radius 2 is 1.68 bits per heavy atom. The van der Waals surface area contributed by atoms with E-state index in [-0.39, 0.29) is 10.9 Å². The van der Waals surface area contributed by atoms with E-state index in [9.17, 15) is 8.42 Å². The van der Waals surface area contributed by atoms with Crippen LogP contribution in [0.2, 0.25) is 10.0 Å². The highest BCUT2D eigenvalue weighted by molar-refractivity contribution is 7.89. The van der Waals surface area contributed by atoms with Gasteiger partial charge in [0, 0.05) is 16.1 Å². The van der Waals surface area contributed by atoms with Gasteiger partial charge < -0.3 is 4.90 Å². The van der Waals surface area contributed by atoms with Crippen molar-refractivity contribution in [2.75, 3.05) is 19.6 Å². The van der Waals surface area contributed by atoms with Gasteiger partial charge in [-0.2, -0.15) is 0 Å². The molecule has 0 heterocycles. The van der Waals surface area contributed by atoms with Crippen molar-refractivity contribution < 1.29 is 8.42 Å². The third-order valence-corrected chi connectivity index (χ3v) is 5.51. The maximum atomic E-state index is 12.3. The van der Waals surface area contributed by atoms with Crippen LogP contribution in [0.4, 0.5) is 0 Å². The monoisotopic (exact) mass is 366 g/mol. The van der Waals surface area contributed by atoms with Crippen LogP contribution in [0.15, 0.2) is 23.1 Å². The molecule has 1 aromatic carbocycles. The Balaban J connectivity index is 2.60. The summed E-state index contributed by atoms with van der Waals surface area (Å²) in [6.45, 7) is 9.11. The lowest BCUT2D eigenvalue weighted by Gasteiger charge is -2.19. The molecule has 1 rings (SSSR count). The summed E-state index contributed by atoms with van der Waals surface area (Å²) >= 11 is 11.7. The molecule has 0 aromatic heterocycles. The molecule has 0 aliphatic carbocycles. The van der Waals surface area contributed by atoms with E-state index >= 15 is 0 Å². The molecule has 0 radical (unpaired) electrons. The number of sulfonamides is 1. The van der Waals surface area contributed by atoms with Crippen LogP contribution in [0, 0.1) is 0 Å². The highest BCUT2D eigenvalue weighted by Crippen LogP contribution is 2.22. The lowest BCUT2D eigenvalue weighted by atomic mass is 10.2. The average molecular weight is 367 g/mol. The zero-order valence-corrected chi connectivity index (χ0v) is 15.6. The zero-order chi connectivity index (χ0) is 16.8. The molecule has 0 bridgehead atoms. The highest BCUT2D eigenvalue weighted by Gasteiger charge is 2.18. The maximum absolute atomic E-state index is 12.3. The summed E-state index contributed by atoms with van der Waals surface area (Å²) in [5.41, 5.74) is 0. The number of halogens is 2. The Hall–Kier alpha value is -0.330. The highest BCUT2D eigenvalue weighted by atomic mass is 35.5. The van der Waals surface area contributed by atoms with E-state index in [4.69, 9.17) is 23.2 Å². The van der Waals surface area contributed by atoms with Crippen molar-refractivity contribution in [1.82, 2.24) is 9.62 Å². The standard InChI is InChI=1S/C15H24Cl2N2O2S/c1-4-19(5-2)8-6-7-12(3)18-22(20,21)15-10-13(16)9-14(17)11-15/h9-12,18H,4-8H2,1-3H3/t12-/m0/s1. The summed E-state index contributed by atoms with van der Waals surface area (Å²) in [5, 5.41) is 0.615. The Bertz CT molecular complexity index is 555. The molecule has 0 fully saturated rings. The number of benzene rings is 1. The Kier molecular flexibility index (Phi) is 8.14. The summed E-state index contributed by atoms with van der Waals surface area (Å²) in [5.74, 6) is 0. The van der Waals surface area contributed by atoms with Crippen LogP contribution in [-0.4, -0.2) is 39.0 Å². The molecule has 1 atom stereocenters. The fraction of sp³-hybridized carbons (Fsp3) is 0.600. The van der Waals surface area contributed by atoms with Gasteiger partial charge in [0.25, 0.3) is 0 Å². The van der Waals surface area contributed by atoms with Gasteiger partial charge in [-0.3, -0.25) is 0 Å². The first-order valence-electron chi connectivity index (χ1n) is 7.49. The van der Waals surface area contributed by atoms with Crippen molar-refractivity contribution in [1.29, 1.82) is 0 Å². The van der Waals surface area contributed by atoms with E-state index in [1.165, 1.54) is 18.2 Å². The smallest absolute Gasteiger partial charge is 0.240 e. The molecule has 0 aliphatic heterocycles. The van der Waals surface area contributed by atoms with Gasteiger partial charge in [-0.15, -0.1) is 0 Å². The average Bonchev–Trinajstić information content (AvgIpc) is 2.42. The minimum Gasteiger partial charge on any atom is -0.304 e. The minimum absolute atomic E-state index is 0.0978. The van der Waals surface area contributed by atoms with Crippen molar-refractivity contribution in [3.63, 3.8) is 0 Å². The van der Waals surface area contributed by atoms with Crippen LogP contribution in [0.5, 0.6) is 0 Å². The molecule has 0 aliphatic rings. The summed E-state index contributed by atoms with van der Waals surface area (Å²) in [6.07, 6.45) is 1.73. The van der Waals surface area contributed by atoms with Crippen molar-refractivity contribution in [2.45, 2.75) is 44.6 Å². The van der Waals surface area contributed by atoms with Crippen LogP contribution < -0.4 is 4.72 Å². The molecule has 126 valence electrons. The first-order chi connectivity index (χ1) is 10.3. The van der Waals surface area contributed by atoms with Crippen LogP contribution in [0.3, 0.4) is 0 Å². The molecular formula is C15H24Cl2N2O2S. The van der Waals surface area contributed by atoms with E-state index in [2.05, 4.69) is 23.5 Å². The third-order valence-electron chi connectivity index (χ3n) is 3.51. The zero-order valence-electron chi connectivity index (χ0n) is 13.3. The van der Waals surface area contributed by atoms with E-state index < -0.39 is 10.0 Å². The van der Waals surface area contributed by atoms with Crippen LogP contribution >= 0.6 is 23.2 Å². The predicted molar refractivity (Wildman–Crippen MR) is 93.3 cm³/mol.